The van der Waals surface area contributed by atoms with Crippen LogP contribution in [0.2, 0.25) is 0 Å². The molecule has 108 valence electrons. The second kappa shape index (κ2) is 5.00. The van der Waals surface area contributed by atoms with Crippen molar-refractivity contribution in [3.8, 4) is 11.3 Å². The van der Waals surface area contributed by atoms with Gasteiger partial charge >= 0.3 is 6.09 Å². The highest BCUT2D eigenvalue weighted by Crippen LogP contribution is 2.30. The second-order valence-corrected chi connectivity index (χ2v) is 6.57. The van der Waals surface area contributed by atoms with Gasteiger partial charge in [-0.1, -0.05) is 0 Å². The van der Waals surface area contributed by atoms with Crippen LogP contribution in [0.5, 0.6) is 0 Å². The summed E-state index contributed by atoms with van der Waals surface area (Å²) in [6, 6.07) is 5.79. The number of ether oxygens (including phenoxy) is 1. The van der Waals surface area contributed by atoms with Crippen LogP contribution in [0.25, 0.3) is 22.2 Å². The fourth-order valence-corrected chi connectivity index (χ4v) is 2.83. The topological polar surface area (TPSA) is 44.1 Å². The average Bonchev–Trinajstić information content (AvgIpc) is 3.03. The monoisotopic (exact) mass is 300 g/mol. The minimum absolute atomic E-state index is 0.370. The zero-order valence-corrected chi connectivity index (χ0v) is 13.0. The Morgan fingerprint density at radius 1 is 1.33 bits per heavy atom. The largest absolute Gasteiger partial charge is 0.443 e. The number of aromatic nitrogens is 2. The predicted molar refractivity (Wildman–Crippen MR) is 84.7 cm³/mol. The SMILES string of the molecule is CC(C)(C)OC(=O)n1c(-c2ccsc2)cc2cnccc21. The summed E-state index contributed by atoms with van der Waals surface area (Å²) in [7, 11) is 0. The highest BCUT2D eigenvalue weighted by atomic mass is 32.1. The third-order valence-corrected chi connectivity index (χ3v) is 3.68. The number of fused-ring (bicyclic) bond motifs is 1. The molecule has 0 aliphatic rings. The number of thiophene rings is 1. The number of carbonyl (C=O) groups excluding carboxylic acids is 1. The molecule has 5 heteroatoms. The smallest absolute Gasteiger partial charge is 0.419 e. The van der Waals surface area contributed by atoms with Gasteiger partial charge in [0.2, 0.25) is 0 Å². The van der Waals surface area contributed by atoms with E-state index in [4.69, 9.17) is 4.74 Å². The maximum atomic E-state index is 12.6. The Hall–Kier alpha value is -2.14. The molecule has 0 saturated heterocycles. The van der Waals surface area contributed by atoms with Crippen molar-refractivity contribution in [3.63, 3.8) is 0 Å². The van der Waals surface area contributed by atoms with Crippen LogP contribution in [-0.2, 0) is 4.74 Å². The van der Waals surface area contributed by atoms with Crippen LogP contribution < -0.4 is 0 Å². The van der Waals surface area contributed by atoms with Crippen molar-refractivity contribution in [2.24, 2.45) is 0 Å². The van der Waals surface area contributed by atoms with Gasteiger partial charge < -0.3 is 4.74 Å². The van der Waals surface area contributed by atoms with Gasteiger partial charge in [0.1, 0.15) is 5.60 Å². The molecule has 0 radical (unpaired) electrons. The zero-order chi connectivity index (χ0) is 15.0. The lowest BCUT2D eigenvalue weighted by atomic mass is 10.2. The van der Waals surface area contributed by atoms with Crippen molar-refractivity contribution in [3.05, 3.63) is 41.4 Å². The Kier molecular flexibility index (Phi) is 3.29. The number of rotatable bonds is 1. The van der Waals surface area contributed by atoms with Crippen LogP contribution in [0.4, 0.5) is 4.79 Å². The molecule has 3 aromatic rings. The van der Waals surface area contributed by atoms with Crippen molar-refractivity contribution < 1.29 is 9.53 Å². The van der Waals surface area contributed by atoms with Gasteiger partial charge in [-0.05, 0) is 44.4 Å². The lowest BCUT2D eigenvalue weighted by molar-refractivity contribution is 0.0547. The lowest BCUT2D eigenvalue weighted by Crippen LogP contribution is -2.27. The third kappa shape index (κ3) is 2.69. The molecule has 0 spiro atoms. The first-order valence-electron chi connectivity index (χ1n) is 6.67. The first-order valence-corrected chi connectivity index (χ1v) is 7.61. The molecule has 0 N–H and O–H groups in total. The Balaban J connectivity index is 2.19. The fourth-order valence-electron chi connectivity index (χ4n) is 2.18. The zero-order valence-electron chi connectivity index (χ0n) is 12.2. The number of pyridine rings is 1. The van der Waals surface area contributed by atoms with E-state index in [9.17, 15) is 4.79 Å². The summed E-state index contributed by atoms with van der Waals surface area (Å²) in [6.07, 6.45) is 3.07. The van der Waals surface area contributed by atoms with E-state index < -0.39 is 5.60 Å². The highest BCUT2D eigenvalue weighted by molar-refractivity contribution is 7.08. The minimum Gasteiger partial charge on any atom is -0.443 e. The summed E-state index contributed by atoms with van der Waals surface area (Å²) in [4.78, 5) is 16.7. The summed E-state index contributed by atoms with van der Waals surface area (Å²) in [5.74, 6) is 0. The van der Waals surface area contributed by atoms with E-state index in [2.05, 4.69) is 4.98 Å². The molecule has 0 unspecified atom stereocenters. The van der Waals surface area contributed by atoms with Crippen LogP contribution in [0.15, 0.2) is 41.4 Å². The molecule has 3 heterocycles. The van der Waals surface area contributed by atoms with Crippen LogP contribution in [-0.4, -0.2) is 21.2 Å². The second-order valence-electron chi connectivity index (χ2n) is 5.79. The Morgan fingerprint density at radius 3 is 2.81 bits per heavy atom. The van der Waals surface area contributed by atoms with Gasteiger partial charge in [0.05, 0.1) is 11.2 Å². The molecule has 4 nitrogen and oxygen atoms in total. The van der Waals surface area contributed by atoms with E-state index >= 15 is 0 Å². The summed E-state index contributed by atoms with van der Waals surface area (Å²) in [5, 5.41) is 4.93. The van der Waals surface area contributed by atoms with E-state index in [-0.39, 0.29) is 6.09 Å². The number of hydrogen-bond acceptors (Lipinski definition) is 4. The Labute approximate surface area is 127 Å². The minimum atomic E-state index is -0.535. The van der Waals surface area contributed by atoms with Crippen LogP contribution >= 0.6 is 11.3 Å². The highest BCUT2D eigenvalue weighted by Gasteiger charge is 2.22. The number of nitrogens with zero attached hydrogens (tertiary/aromatic N) is 2. The van der Waals surface area contributed by atoms with Gasteiger partial charge in [0, 0.05) is 28.7 Å². The Morgan fingerprint density at radius 2 is 2.14 bits per heavy atom. The standard InChI is InChI=1S/C16H16N2O2S/c1-16(2,3)20-15(19)18-13-4-6-17-9-12(13)8-14(18)11-5-7-21-10-11/h4-10H,1-3H3. The van der Waals surface area contributed by atoms with Crippen molar-refractivity contribution in [2.45, 2.75) is 26.4 Å². The van der Waals surface area contributed by atoms with Gasteiger partial charge in [-0.2, -0.15) is 11.3 Å². The molecular weight excluding hydrogens is 284 g/mol. The van der Waals surface area contributed by atoms with E-state index in [0.717, 1.165) is 22.2 Å². The maximum Gasteiger partial charge on any atom is 0.419 e. The molecule has 0 fully saturated rings. The van der Waals surface area contributed by atoms with Crippen LogP contribution in [0, 0.1) is 0 Å². The van der Waals surface area contributed by atoms with Gasteiger partial charge in [0.25, 0.3) is 0 Å². The molecule has 0 bridgehead atoms. The summed E-state index contributed by atoms with van der Waals surface area (Å²) in [5.41, 5.74) is 2.10. The van der Waals surface area contributed by atoms with E-state index in [1.54, 1.807) is 28.3 Å². The van der Waals surface area contributed by atoms with Gasteiger partial charge in [-0.15, -0.1) is 0 Å². The molecule has 0 aliphatic heterocycles. The molecule has 0 atom stereocenters. The Bertz CT molecular complexity index is 782. The molecule has 3 rings (SSSR count). The van der Waals surface area contributed by atoms with Gasteiger partial charge in [0.15, 0.2) is 0 Å². The van der Waals surface area contributed by atoms with Crippen LogP contribution in [0.3, 0.4) is 0 Å². The summed E-state index contributed by atoms with van der Waals surface area (Å²) < 4.78 is 7.15. The first-order chi connectivity index (χ1) is 9.96. The van der Waals surface area contributed by atoms with Gasteiger partial charge in [-0.25, -0.2) is 9.36 Å². The lowest BCUT2D eigenvalue weighted by Gasteiger charge is -2.20. The predicted octanol–water partition coefficient (Wildman–Crippen LogP) is 4.55. The normalized spacial score (nSPS) is 11.8. The maximum absolute atomic E-state index is 12.6. The molecule has 3 aromatic heterocycles. The molecule has 0 aromatic carbocycles. The first kappa shape index (κ1) is 13.8. The molecule has 0 aliphatic carbocycles. The van der Waals surface area contributed by atoms with E-state index in [0.29, 0.717) is 0 Å². The molecular formula is C16H16N2O2S. The van der Waals surface area contributed by atoms with Crippen molar-refractivity contribution in [1.29, 1.82) is 0 Å². The molecule has 0 saturated carbocycles. The average molecular weight is 300 g/mol. The van der Waals surface area contributed by atoms with E-state index in [1.807, 2.05) is 49.7 Å². The van der Waals surface area contributed by atoms with Gasteiger partial charge in [-0.3, -0.25) is 4.98 Å². The number of carbonyl (C=O) groups is 1. The summed E-state index contributed by atoms with van der Waals surface area (Å²) in [6.45, 7) is 5.59. The van der Waals surface area contributed by atoms with Crippen molar-refractivity contribution >= 4 is 28.3 Å². The molecule has 0 amide bonds. The van der Waals surface area contributed by atoms with Crippen molar-refractivity contribution in [2.75, 3.05) is 0 Å². The van der Waals surface area contributed by atoms with Crippen LogP contribution in [0.1, 0.15) is 20.8 Å². The molecule has 21 heavy (non-hydrogen) atoms. The quantitative estimate of drug-likeness (QED) is 0.662. The van der Waals surface area contributed by atoms with Crippen molar-refractivity contribution in [1.82, 2.24) is 9.55 Å². The number of hydrogen-bond donors (Lipinski definition) is 0. The summed E-state index contributed by atoms with van der Waals surface area (Å²) >= 11 is 1.60. The third-order valence-electron chi connectivity index (χ3n) is 2.99. The fraction of sp³-hybridized carbons (Fsp3) is 0.250. The van der Waals surface area contributed by atoms with E-state index in [1.165, 1.54) is 0 Å².